The van der Waals surface area contributed by atoms with Crippen LogP contribution in [-0.2, 0) is 12.8 Å². The molecule has 6 nitrogen and oxygen atoms in total. The molecule has 310 valence electrons. The standard InChI is InChI=1S/C52H36N6S6/c59-51-55(47-45(63-51)43(37-17-9-3-10-18-37)53-49-57(47)41(31-61-49)35-13-5-1-6-14-35)39-27-23-33(24-28-39)21-22-34-25-29-40(30-26-34)56-48-46(64-52(56)60)44(38-19-11-4-12-20-38)54-50-58(48)42(32-62-50)36-15-7-2-8-16-36/h1-20,23-32,43-44H,21-22H2. The summed E-state index contributed by atoms with van der Waals surface area (Å²) < 4.78 is 6.11. The van der Waals surface area contributed by atoms with Crippen molar-refractivity contribution in [2.45, 2.75) is 24.9 Å². The highest BCUT2D eigenvalue weighted by Gasteiger charge is 2.40. The highest BCUT2D eigenvalue weighted by molar-refractivity contribution is 8.17. The van der Waals surface area contributed by atoms with E-state index in [2.05, 4.69) is 200 Å². The molecule has 4 aliphatic rings. The molecule has 2 aromatic heterocycles. The second-order valence-electron chi connectivity index (χ2n) is 15.7. The molecule has 4 aliphatic heterocycles. The molecule has 6 aromatic carbocycles. The predicted octanol–water partition coefficient (Wildman–Crippen LogP) is 14.7. The van der Waals surface area contributed by atoms with E-state index in [4.69, 9.17) is 34.4 Å². The van der Waals surface area contributed by atoms with Gasteiger partial charge in [0.15, 0.2) is 18.2 Å². The van der Waals surface area contributed by atoms with Crippen molar-refractivity contribution in [3.63, 3.8) is 0 Å². The van der Waals surface area contributed by atoms with Gasteiger partial charge in [-0.25, -0.2) is 9.98 Å². The van der Waals surface area contributed by atoms with Gasteiger partial charge >= 0.3 is 0 Å². The van der Waals surface area contributed by atoms with E-state index in [0.717, 1.165) is 97.5 Å². The molecular weight excluding hydrogens is 901 g/mol. The first-order valence-corrected chi connectivity index (χ1v) is 25.2. The lowest BCUT2D eigenvalue weighted by atomic mass is 10.0. The summed E-state index contributed by atoms with van der Waals surface area (Å²) in [4.78, 5) is 17.5. The minimum atomic E-state index is -0.126. The number of aromatic nitrogens is 2. The first-order valence-electron chi connectivity index (χ1n) is 21.0. The van der Waals surface area contributed by atoms with Crippen molar-refractivity contribution in [1.82, 2.24) is 9.13 Å². The number of aliphatic imine (C=N–C) groups is 2. The highest BCUT2D eigenvalue weighted by atomic mass is 32.2. The fourth-order valence-corrected chi connectivity index (χ4v) is 13.6. The number of nitrogens with zero attached hydrogens (tertiary/aromatic N) is 6. The first-order chi connectivity index (χ1) is 31.6. The van der Waals surface area contributed by atoms with Gasteiger partial charge in [0.25, 0.3) is 0 Å². The third-order valence-electron chi connectivity index (χ3n) is 11.9. The third kappa shape index (κ3) is 6.91. The van der Waals surface area contributed by atoms with E-state index < -0.39 is 0 Å². The Morgan fingerprint density at radius 1 is 0.438 bits per heavy atom. The Balaban J connectivity index is 0.828. The van der Waals surface area contributed by atoms with Gasteiger partial charge in [0.1, 0.15) is 23.7 Å². The van der Waals surface area contributed by atoms with E-state index in [1.54, 1.807) is 46.2 Å². The van der Waals surface area contributed by atoms with Gasteiger partial charge in [-0.05, 0) is 94.9 Å². The van der Waals surface area contributed by atoms with E-state index in [-0.39, 0.29) is 12.1 Å². The number of amidine groups is 2. The zero-order valence-electron chi connectivity index (χ0n) is 34.0. The number of hydrogen-bond acceptors (Lipinski definition) is 10. The molecule has 64 heavy (non-hydrogen) atoms. The summed E-state index contributed by atoms with van der Waals surface area (Å²) in [5.74, 6) is 2.15. The molecule has 0 N–H and O–H groups in total. The molecule has 0 saturated carbocycles. The maximum atomic E-state index is 6.19. The minimum absolute atomic E-state index is 0.126. The molecule has 0 spiro atoms. The molecule has 0 aliphatic carbocycles. The van der Waals surface area contributed by atoms with Crippen molar-refractivity contribution in [2.24, 2.45) is 9.98 Å². The molecule has 0 amide bonds. The van der Waals surface area contributed by atoms with E-state index in [1.165, 1.54) is 11.1 Å². The van der Waals surface area contributed by atoms with Crippen LogP contribution in [0.5, 0.6) is 0 Å². The number of fused-ring (bicyclic) bond motifs is 6. The molecule has 2 unspecified atom stereocenters. The molecule has 8 aromatic rings. The Bertz CT molecular complexity index is 3090. The van der Waals surface area contributed by atoms with E-state index in [0.29, 0.717) is 0 Å². The molecule has 0 bridgehead atoms. The number of rotatable bonds is 9. The average Bonchev–Trinajstić information content (AvgIpc) is 4.14. The van der Waals surface area contributed by atoms with Crippen molar-refractivity contribution >= 4 is 104 Å². The summed E-state index contributed by atoms with van der Waals surface area (Å²) in [5.41, 5.74) is 11.5. The Kier molecular flexibility index (Phi) is 10.3. The fourth-order valence-electron chi connectivity index (χ4n) is 8.80. The molecule has 0 saturated heterocycles. The van der Waals surface area contributed by atoms with Gasteiger partial charge in [-0.15, -0.1) is 22.7 Å². The average molecular weight is 937 g/mol. The molecule has 2 atom stereocenters. The van der Waals surface area contributed by atoms with Gasteiger partial charge < -0.3 is 0 Å². The largest absolute Gasteiger partial charge is 0.277 e. The summed E-state index contributed by atoms with van der Waals surface area (Å²) >= 11 is 19.0. The lowest BCUT2D eigenvalue weighted by Crippen LogP contribution is -2.30. The summed E-state index contributed by atoms with van der Waals surface area (Å²) in [6, 6.07) is 59.8. The Morgan fingerprint density at radius 3 is 1.17 bits per heavy atom. The van der Waals surface area contributed by atoms with Crippen LogP contribution in [0.15, 0.2) is 191 Å². The summed E-state index contributed by atoms with van der Waals surface area (Å²) in [6.45, 7) is 0. The summed E-state index contributed by atoms with van der Waals surface area (Å²) in [5, 5.41) is 6.35. The first kappa shape index (κ1) is 39.7. The van der Waals surface area contributed by atoms with Crippen LogP contribution in [0, 0.1) is 7.91 Å². The topological polar surface area (TPSA) is 41.1 Å². The lowest BCUT2D eigenvalue weighted by molar-refractivity contribution is 0.859. The van der Waals surface area contributed by atoms with Crippen molar-refractivity contribution in [2.75, 3.05) is 9.80 Å². The monoisotopic (exact) mass is 936 g/mol. The molecule has 0 fully saturated rings. The summed E-state index contributed by atoms with van der Waals surface area (Å²) in [6.07, 6.45) is 1.82. The fraction of sp³-hybridized carbons (Fsp3) is 0.0769. The third-order valence-corrected chi connectivity index (χ3v) is 16.4. The molecule has 12 heteroatoms. The normalized spacial score (nSPS) is 17.2. The summed E-state index contributed by atoms with van der Waals surface area (Å²) in [7, 11) is 0. The van der Waals surface area contributed by atoms with Crippen LogP contribution in [-0.4, -0.2) is 19.5 Å². The van der Waals surface area contributed by atoms with Gasteiger partial charge in [-0.3, -0.25) is 18.9 Å². The van der Waals surface area contributed by atoms with Crippen LogP contribution in [0.1, 0.15) is 55.2 Å². The van der Waals surface area contributed by atoms with Crippen LogP contribution < -0.4 is 9.80 Å². The molecular formula is C52H36N6S6. The number of anilines is 2. The molecule has 12 rings (SSSR count). The van der Waals surface area contributed by atoms with Crippen LogP contribution in [0.2, 0.25) is 0 Å². The SMILES string of the molecule is S=c1sc2c(n1-c1ccc(CCc3ccc(-n4c5c(sc4=S)C(c4ccccc4)N=C4SC=C(c6ccccc6)N45)cc3)cc1)N1C(c3ccccc3)=CSC1=NC2c1ccccc1. The van der Waals surface area contributed by atoms with E-state index in [9.17, 15) is 0 Å². The number of thiazole rings is 2. The van der Waals surface area contributed by atoms with E-state index >= 15 is 0 Å². The second kappa shape index (κ2) is 16.6. The number of benzene rings is 6. The zero-order valence-corrected chi connectivity index (χ0v) is 38.9. The minimum Gasteiger partial charge on any atom is -0.277 e. The maximum absolute atomic E-state index is 6.19. The smallest absolute Gasteiger partial charge is 0.174 e. The quantitative estimate of drug-likeness (QED) is 0.134. The molecule has 6 heterocycles. The number of aryl methyl sites for hydroxylation is 2. The highest BCUT2D eigenvalue weighted by Crippen LogP contribution is 2.52. The van der Waals surface area contributed by atoms with Gasteiger partial charge in [-0.1, -0.05) is 169 Å². The maximum Gasteiger partial charge on any atom is 0.174 e. The van der Waals surface area contributed by atoms with Gasteiger partial charge in [0, 0.05) is 22.2 Å². The Hall–Kier alpha value is -5.86. The van der Waals surface area contributed by atoms with E-state index in [1.807, 2.05) is 0 Å². The van der Waals surface area contributed by atoms with Crippen molar-refractivity contribution in [3.8, 4) is 11.4 Å². The number of thioether (sulfide) groups is 2. The van der Waals surface area contributed by atoms with Crippen molar-refractivity contribution in [1.29, 1.82) is 0 Å². The van der Waals surface area contributed by atoms with Crippen LogP contribution in [0.25, 0.3) is 22.8 Å². The number of hydrogen-bond donors (Lipinski definition) is 0. The molecule has 0 radical (unpaired) electrons. The van der Waals surface area contributed by atoms with Gasteiger partial charge in [-0.2, -0.15) is 0 Å². The zero-order chi connectivity index (χ0) is 42.7. The van der Waals surface area contributed by atoms with Crippen molar-refractivity contribution < 1.29 is 0 Å². The van der Waals surface area contributed by atoms with Crippen molar-refractivity contribution in [3.05, 3.63) is 232 Å². The Labute approximate surface area is 397 Å². The Morgan fingerprint density at radius 2 is 0.797 bits per heavy atom. The van der Waals surface area contributed by atoms with Gasteiger partial charge in [0.2, 0.25) is 0 Å². The van der Waals surface area contributed by atoms with Crippen LogP contribution in [0.4, 0.5) is 11.6 Å². The second-order valence-corrected chi connectivity index (χ2v) is 20.7. The van der Waals surface area contributed by atoms with Gasteiger partial charge in [0.05, 0.1) is 21.1 Å². The predicted molar refractivity (Wildman–Crippen MR) is 277 cm³/mol. The van der Waals surface area contributed by atoms with Crippen LogP contribution >= 0.6 is 70.6 Å². The lowest BCUT2D eigenvalue weighted by Gasteiger charge is -2.31. The van der Waals surface area contributed by atoms with Crippen LogP contribution in [0.3, 0.4) is 0 Å².